The standard InChI is InChI=1S/C19H22N2O/c1-14-9-11-18(13-15(14)2)16(3)20-21-19(22)12-10-17-7-5-4-6-8-17/h4-9,11,13H,10,12H2,1-3H3,(H,21,22)/b20-16-. The van der Waals surface area contributed by atoms with Gasteiger partial charge in [-0.25, -0.2) is 5.43 Å². The average molecular weight is 294 g/mol. The van der Waals surface area contributed by atoms with Crippen LogP contribution in [-0.2, 0) is 11.2 Å². The van der Waals surface area contributed by atoms with Crippen molar-refractivity contribution in [3.8, 4) is 0 Å². The Morgan fingerprint density at radius 2 is 1.77 bits per heavy atom. The van der Waals surface area contributed by atoms with Crippen LogP contribution >= 0.6 is 0 Å². The number of nitrogens with one attached hydrogen (secondary N) is 1. The van der Waals surface area contributed by atoms with Crippen LogP contribution in [0, 0.1) is 13.8 Å². The van der Waals surface area contributed by atoms with Crippen LogP contribution in [0.25, 0.3) is 0 Å². The SMILES string of the molecule is C/C(=N/NC(=O)CCc1ccccc1)c1ccc(C)c(C)c1. The van der Waals surface area contributed by atoms with Crippen molar-refractivity contribution in [1.82, 2.24) is 5.43 Å². The topological polar surface area (TPSA) is 41.5 Å². The molecule has 2 aromatic rings. The highest BCUT2D eigenvalue weighted by molar-refractivity contribution is 5.99. The van der Waals surface area contributed by atoms with E-state index in [9.17, 15) is 4.79 Å². The largest absolute Gasteiger partial charge is 0.273 e. The lowest BCUT2D eigenvalue weighted by Gasteiger charge is -2.06. The highest BCUT2D eigenvalue weighted by atomic mass is 16.2. The van der Waals surface area contributed by atoms with Crippen molar-refractivity contribution in [3.63, 3.8) is 0 Å². The van der Waals surface area contributed by atoms with E-state index in [1.165, 1.54) is 11.1 Å². The van der Waals surface area contributed by atoms with Crippen molar-refractivity contribution in [2.75, 3.05) is 0 Å². The lowest BCUT2D eigenvalue weighted by molar-refractivity contribution is -0.121. The lowest BCUT2D eigenvalue weighted by atomic mass is 10.0. The molecule has 114 valence electrons. The average Bonchev–Trinajstić information content (AvgIpc) is 2.54. The highest BCUT2D eigenvalue weighted by Crippen LogP contribution is 2.10. The molecular formula is C19H22N2O. The van der Waals surface area contributed by atoms with Gasteiger partial charge in [0.25, 0.3) is 0 Å². The van der Waals surface area contributed by atoms with Gasteiger partial charge in [0.1, 0.15) is 0 Å². The van der Waals surface area contributed by atoms with Gasteiger partial charge < -0.3 is 0 Å². The first-order valence-corrected chi connectivity index (χ1v) is 7.51. The van der Waals surface area contributed by atoms with Crippen molar-refractivity contribution in [2.45, 2.75) is 33.6 Å². The van der Waals surface area contributed by atoms with Crippen molar-refractivity contribution in [1.29, 1.82) is 0 Å². The summed E-state index contributed by atoms with van der Waals surface area (Å²) in [4.78, 5) is 11.9. The minimum Gasteiger partial charge on any atom is -0.273 e. The monoisotopic (exact) mass is 294 g/mol. The molecule has 0 aliphatic heterocycles. The Morgan fingerprint density at radius 3 is 2.45 bits per heavy atom. The van der Waals surface area contributed by atoms with Crippen molar-refractivity contribution in [3.05, 3.63) is 70.8 Å². The number of hydrogen-bond acceptors (Lipinski definition) is 2. The molecule has 0 unspecified atom stereocenters. The van der Waals surface area contributed by atoms with Crippen LogP contribution in [-0.4, -0.2) is 11.6 Å². The number of rotatable bonds is 5. The van der Waals surface area contributed by atoms with E-state index >= 15 is 0 Å². The van der Waals surface area contributed by atoms with E-state index in [2.05, 4.69) is 36.5 Å². The fourth-order valence-corrected chi connectivity index (χ4v) is 2.14. The van der Waals surface area contributed by atoms with E-state index in [1.54, 1.807) is 0 Å². The summed E-state index contributed by atoms with van der Waals surface area (Å²) in [6.45, 7) is 6.06. The predicted octanol–water partition coefficient (Wildman–Crippen LogP) is 3.78. The molecule has 0 radical (unpaired) electrons. The lowest BCUT2D eigenvalue weighted by Crippen LogP contribution is -2.19. The second kappa shape index (κ2) is 7.55. The molecule has 22 heavy (non-hydrogen) atoms. The number of benzene rings is 2. The van der Waals surface area contributed by atoms with E-state index in [0.717, 1.165) is 23.3 Å². The third-order valence-corrected chi connectivity index (χ3v) is 3.76. The van der Waals surface area contributed by atoms with Crippen LogP contribution in [0.15, 0.2) is 53.6 Å². The quantitative estimate of drug-likeness (QED) is 0.662. The van der Waals surface area contributed by atoms with Gasteiger partial charge in [0.2, 0.25) is 5.91 Å². The molecule has 0 bridgehead atoms. The van der Waals surface area contributed by atoms with Crippen LogP contribution in [0.2, 0.25) is 0 Å². The van der Waals surface area contributed by atoms with Gasteiger partial charge in [-0.15, -0.1) is 0 Å². The Bertz CT molecular complexity index is 675. The molecule has 0 heterocycles. The van der Waals surface area contributed by atoms with Gasteiger partial charge in [0.05, 0.1) is 5.71 Å². The Morgan fingerprint density at radius 1 is 1.05 bits per heavy atom. The Hall–Kier alpha value is -2.42. The second-order valence-corrected chi connectivity index (χ2v) is 5.52. The first-order chi connectivity index (χ1) is 10.6. The molecule has 0 saturated carbocycles. The first kappa shape index (κ1) is 16.0. The molecule has 0 aliphatic carbocycles. The molecule has 1 N–H and O–H groups in total. The summed E-state index contributed by atoms with van der Waals surface area (Å²) >= 11 is 0. The molecule has 0 aliphatic rings. The molecule has 0 atom stereocenters. The summed E-state index contributed by atoms with van der Waals surface area (Å²) in [7, 11) is 0. The zero-order valence-electron chi connectivity index (χ0n) is 13.4. The maximum atomic E-state index is 11.9. The zero-order chi connectivity index (χ0) is 15.9. The second-order valence-electron chi connectivity index (χ2n) is 5.52. The van der Waals surface area contributed by atoms with E-state index in [4.69, 9.17) is 0 Å². The summed E-state index contributed by atoms with van der Waals surface area (Å²) in [5.74, 6) is -0.0629. The number of carbonyl (C=O) groups is 1. The van der Waals surface area contributed by atoms with E-state index in [0.29, 0.717) is 6.42 Å². The Kier molecular flexibility index (Phi) is 5.48. The van der Waals surface area contributed by atoms with Crippen molar-refractivity contribution < 1.29 is 4.79 Å². The highest BCUT2D eigenvalue weighted by Gasteiger charge is 2.03. The molecular weight excluding hydrogens is 272 g/mol. The fourth-order valence-electron chi connectivity index (χ4n) is 2.14. The molecule has 0 saturated heterocycles. The minimum atomic E-state index is -0.0629. The van der Waals surface area contributed by atoms with Gasteiger partial charge in [0, 0.05) is 6.42 Å². The van der Waals surface area contributed by atoms with Crippen molar-refractivity contribution >= 4 is 11.6 Å². The third kappa shape index (κ3) is 4.55. The van der Waals surface area contributed by atoms with Gasteiger partial charge in [-0.2, -0.15) is 5.10 Å². The summed E-state index contributed by atoms with van der Waals surface area (Å²) in [5.41, 5.74) is 8.12. The number of aryl methyl sites for hydroxylation is 3. The summed E-state index contributed by atoms with van der Waals surface area (Å²) in [6, 6.07) is 16.2. The molecule has 2 rings (SSSR count). The molecule has 0 aromatic heterocycles. The maximum absolute atomic E-state index is 11.9. The fraction of sp³-hybridized carbons (Fsp3) is 0.263. The molecule has 1 amide bonds. The smallest absolute Gasteiger partial charge is 0.240 e. The van der Waals surface area contributed by atoms with Crippen LogP contribution < -0.4 is 5.43 Å². The van der Waals surface area contributed by atoms with Gasteiger partial charge in [-0.3, -0.25) is 4.79 Å². The summed E-state index contributed by atoms with van der Waals surface area (Å²) in [5, 5.41) is 4.19. The minimum absolute atomic E-state index is 0.0629. The number of hydrazone groups is 1. The normalized spacial score (nSPS) is 11.3. The molecule has 3 heteroatoms. The Labute approximate surface area is 132 Å². The number of amides is 1. The molecule has 0 spiro atoms. The van der Waals surface area contributed by atoms with Crippen LogP contribution in [0.5, 0.6) is 0 Å². The van der Waals surface area contributed by atoms with Gasteiger partial charge in [0.15, 0.2) is 0 Å². The molecule has 0 fully saturated rings. The summed E-state index contributed by atoms with van der Waals surface area (Å²) < 4.78 is 0. The number of nitrogens with zero attached hydrogens (tertiary/aromatic N) is 1. The van der Waals surface area contributed by atoms with E-state index in [1.807, 2.05) is 43.3 Å². The van der Waals surface area contributed by atoms with Gasteiger partial charge in [-0.1, -0.05) is 42.5 Å². The van der Waals surface area contributed by atoms with Gasteiger partial charge >= 0.3 is 0 Å². The predicted molar refractivity (Wildman–Crippen MR) is 91.0 cm³/mol. The van der Waals surface area contributed by atoms with Crippen molar-refractivity contribution in [2.24, 2.45) is 5.10 Å². The molecule has 3 nitrogen and oxygen atoms in total. The third-order valence-electron chi connectivity index (χ3n) is 3.76. The molecule has 2 aromatic carbocycles. The first-order valence-electron chi connectivity index (χ1n) is 7.51. The maximum Gasteiger partial charge on any atom is 0.240 e. The van der Waals surface area contributed by atoms with Crippen LogP contribution in [0.4, 0.5) is 0 Å². The Balaban J connectivity index is 1.90. The van der Waals surface area contributed by atoms with E-state index < -0.39 is 0 Å². The summed E-state index contributed by atoms with van der Waals surface area (Å²) in [6.07, 6.45) is 1.17. The zero-order valence-corrected chi connectivity index (χ0v) is 13.4. The van der Waals surface area contributed by atoms with Crippen LogP contribution in [0.3, 0.4) is 0 Å². The van der Waals surface area contributed by atoms with Gasteiger partial charge in [-0.05, 0) is 55.5 Å². The number of hydrogen-bond donors (Lipinski definition) is 1. The van der Waals surface area contributed by atoms with Crippen LogP contribution in [0.1, 0.15) is 35.6 Å². The van der Waals surface area contributed by atoms with E-state index in [-0.39, 0.29) is 5.91 Å². The number of carbonyl (C=O) groups excluding carboxylic acids is 1.